The van der Waals surface area contributed by atoms with E-state index >= 15 is 0 Å². The highest BCUT2D eigenvalue weighted by molar-refractivity contribution is 9.10. The normalized spacial score (nSPS) is 18.8. The molecule has 1 N–H and O–H groups in total. The summed E-state index contributed by atoms with van der Waals surface area (Å²) in [4.78, 5) is 0. The van der Waals surface area contributed by atoms with Gasteiger partial charge in [0, 0.05) is 10.0 Å². The second-order valence-electron chi connectivity index (χ2n) is 5.23. The van der Waals surface area contributed by atoms with Gasteiger partial charge in [-0.3, -0.25) is 0 Å². The van der Waals surface area contributed by atoms with Gasteiger partial charge in [0.15, 0.2) is 0 Å². The van der Waals surface area contributed by atoms with Crippen LogP contribution in [0.1, 0.15) is 56.6 Å². The summed E-state index contributed by atoms with van der Waals surface area (Å²) in [5.41, 5.74) is 0.410. The van der Waals surface area contributed by atoms with Crippen LogP contribution in [0.25, 0.3) is 0 Å². The van der Waals surface area contributed by atoms with Gasteiger partial charge in [0.05, 0.1) is 6.10 Å². The Labute approximate surface area is 117 Å². The third-order valence-electron chi connectivity index (χ3n) is 3.91. The highest BCUT2D eigenvalue weighted by Crippen LogP contribution is 2.33. The first-order valence-electron chi connectivity index (χ1n) is 6.80. The Balaban J connectivity index is 1.92. The number of hydrogen-bond acceptors (Lipinski definition) is 1. The van der Waals surface area contributed by atoms with Crippen LogP contribution in [-0.2, 0) is 0 Å². The number of benzene rings is 1. The molecular formula is C15H20BrFO. The molecule has 1 saturated carbocycles. The number of halogens is 2. The van der Waals surface area contributed by atoms with Crippen LogP contribution in [0.4, 0.5) is 4.39 Å². The molecule has 0 radical (unpaired) electrons. The van der Waals surface area contributed by atoms with E-state index in [0.29, 0.717) is 16.5 Å². The van der Waals surface area contributed by atoms with Gasteiger partial charge in [-0.25, -0.2) is 4.39 Å². The minimum atomic E-state index is -0.692. The molecule has 1 unspecified atom stereocenters. The summed E-state index contributed by atoms with van der Waals surface area (Å²) >= 11 is 3.31. The largest absolute Gasteiger partial charge is 0.388 e. The second kappa shape index (κ2) is 6.67. The second-order valence-corrected chi connectivity index (χ2v) is 6.09. The smallest absolute Gasteiger partial charge is 0.130 e. The van der Waals surface area contributed by atoms with Crippen molar-refractivity contribution in [2.24, 2.45) is 5.92 Å². The van der Waals surface area contributed by atoms with E-state index in [0.717, 1.165) is 12.3 Å². The summed E-state index contributed by atoms with van der Waals surface area (Å²) in [7, 11) is 0. The highest BCUT2D eigenvalue weighted by atomic mass is 79.9. The highest BCUT2D eigenvalue weighted by Gasteiger charge is 2.19. The predicted molar refractivity (Wildman–Crippen MR) is 74.9 cm³/mol. The maximum Gasteiger partial charge on any atom is 0.130 e. The maximum absolute atomic E-state index is 13.7. The molecule has 1 aliphatic carbocycles. The van der Waals surface area contributed by atoms with Crippen molar-refractivity contribution in [3.05, 3.63) is 34.1 Å². The summed E-state index contributed by atoms with van der Waals surface area (Å²) in [6, 6.07) is 4.84. The van der Waals surface area contributed by atoms with E-state index in [9.17, 15) is 9.50 Å². The molecule has 1 aliphatic rings. The van der Waals surface area contributed by atoms with E-state index in [1.54, 1.807) is 12.1 Å². The SMILES string of the molecule is OC(CCC1CCCCC1)c1c(F)cccc1Br. The summed E-state index contributed by atoms with van der Waals surface area (Å²) in [5.74, 6) is 0.402. The minimum absolute atomic E-state index is 0.319. The minimum Gasteiger partial charge on any atom is -0.388 e. The molecule has 100 valence electrons. The molecule has 18 heavy (non-hydrogen) atoms. The van der Waals surface area contributed by atoms with Crippen LogP contribution >= 0.6 is 15.9 Å². The van der Waals surface area contributed by atoms with Crippen LogP contribution in [0, 0.1) is 11.7 Å². The van der Waals surface area contributed by atoms with Gasteiger partial charge in [-0.15, -0.1) is 0 Å². The van der Waals surface area contributed by atoms with Crippen molar-refractivity contribution in [2.75, 3.05) is 0 Å². The molecule has 0 bridgehead atoms. The number of rotatable bonds is 4. The average Bonchev–Trinajstić information content (AvgIpc) is 2.37. The Hall–Kier alpha value is -0.410. The van der Waals surface area contributed by atoms with E-state index in [4.69, 9.17) is 0 Å². The molecule has 1 nitrogen and oxygen atoms in total. The summed E-state index contributed by atoms with van der Waals surface area (Å²) in [6.07, 6.45) is 7.47. The zero-order valence-corrected chi connectivity index (χ0v) is 12.1. The van der Waals surface area contributed by atoms with Crippen LogP contribution in [0.2, 0.25) is 0 Å². The van der Waals surface area contributed by atoms with Crippen LogP contribution in [0.15, 0.2) is 22.7 Å². The van der Waals surface area contributed by atoms with Crippen LogP contribution < -0.4 is 0 Å². The lowest BCUT2D eigenvalue weighted by molar-refractivity contribution is 0.146. The lowest BCUT2D eigenvalue weighted by Gasteiger charge is -2.23. The van der Waals surface area contributed by atoms with Gasteiger partial charge in [0.1, 0.15) is 5.82 Å². The number of aliphatic hydroxyl groups excluding tert-OH is 1. The van der Waals surface area contributed by atoms with Crippen LogP contribution in [0.5, 0.6) is 0 Å². The first-order chi connectivity index (χ1) is 8.68. The molecule has 3 heteroatoms. The van der Waals surface area contributed by atoms with E-state index in [1.165, 1.54) is 38.2 Å². The monoisotopic (exact) mass is 314 g/mol. The Morgan fingerprint density at radius 1 is 1.28 bits per heavy atom. The van der Waals surface area contributed by atoms with E-state index in [1.807, 2.05) is 0 Å². The van der Waals surface area contributed by atoms with Crippen molar-refractivity contribution in [3.8, 4) is 0 Å². The van der Waals surface area contributed by atoms with Gasteiger partial charge in [-0.1, -0.05) is 54.1 Å². The standard InChI is InChI=1S/C15H20BrFO/c16-12-7-4-8-13(17)15(12)14(18)10-9-11-5-2-1-3-6-11/h4,7-8,11,14,18H,1-3,5-6,9-10H2. The molecule has 0 spiro atoms. The zero-order valence-electron chi connectivity index (χ0n) is 10.5. The Morgan fingerprint density at radius 3 is 2.67 bits per heavy atom. The van der Waals surface area contributed by atoms with Gasteiger partial charge < -0.3 is 5.11 Å². The van der Waals surface area contributed by atoms with Crippen LogP contribution in [-0.4, -0.2) is 5.11 Å². The molecule has 0 aliphatic heterocycles. The predicted octanol–water partition coefficient (Wildman–Crippen LogP) is 4.98. The van der Waals surface area contributed by atoms with Gasteiger partial charge in [-0.2, -0.15) is 0 Å². The van der Waals surface area contributed by atoms with Crippen LogP contribution in [0.3, 0.4) is 0 Å². The number of hydrogen-bond donors (Lipinski definition) is 1. The Bertz CT molecular complexity index is 368. The fraction of sp³-hybridized carbons (Fsp3) is 0.600. The first-order valence-corrected chi connectivity index (χ1v) is 7.59. The van der Waals surface area contributed by atoms with Gasteiger partial charge in [0.25, 0.3) is 0 Å². The summed E-state index contributed by atoms with van der Waals surface area (Å²) in [5, 5.41) is 10.1. The van der Waals surface area contributed by atoms with Crippen molar-refractivity contribution in [3.63, 3.8) is 0 Å². The maximum atomic E-state index is 13.7. The van der Waals surface area contributed by atoms with Gasteiger partial charge in [-0.05, 0) is 30.9 Å². The molecule has 0 amide bonds. The molecule has 0 aromatic heterocycles. The lowest BCUT2D eigenvalue weighted by atomic mass is 9.85. The van der Waals surface area contributed by atoms with Gasteiger partial charge in [0.2, 0.25) is 0 Å². The van der Waals surface area contributed by atoms with Crippen molar-refractivity contribution in [2.45, 2.75) is 51.0 Å². The zero-order chi connectivity index (χ0) is 13.0. The molecule has 2 rings (SSSR count). The Kier molecular flexibility index (Phi) is 5.19. The van der Waals surface area contributed by atoms with Crippen molar-refractivity contribution >= 4 is 15.9 Å². The summed E-state index contributed by atoms with van der Waals surface area (Å²) in [6.45, 7) is 0. The molecule has 1 aromatic carbocycles. The lowest BCUT2D eigenvalue weighted by Crippen LogP contribution is -2.09. The topological polar surface area (TPSA) is 20.2 Å². The third kappa shape index (κ3) is 3.55. The Morgan fingerprint density at radius 2 is 2.00 bits per heavy atom. The molecule has 1 aromatic rings. The average molecular weight is 315 g/mol. The van der Waals surface area contributed by atoms with Crippen molar-refractivity contribution < 1.29 is 9.50 Å². The molecule has 1 atom stereocenters. The number of aliphatic hydroxyl groups is 1. The third-order valence-corrected chi connectivity index (χ3v) is 4.60. The molecular weight excluding hydrogens is 295 g/mol. The summed E-state index contributed by atoms with van der Waals surface area (Å²) < 4.78 is 14.3. The van der Waals surface area contributed by atoms with E-state index in [-0.39, 0.29) is 5.82 Å². The quantitative estimate of drug-likeness (QED) is 0.830. The van der Waals surface area contributed by atoms with Crippen molar-refractivity contribution in [1.82, 2.24) is 0 Å². The molecule has 0 saturated heterocycles. The first kappa shape index (κ1) is 14.0. The van der Waals surface area contributed by atoms with E-state index in [2.05, 4.69) is 15.9 Å². The van der Waals surface area contributed by atoms with E-state index < -0.39 is 6.10 Å². The molecule has 1 fully saturated rings. The molecule has 0 heterocycles. The van der Waals surface area contributed by atoms with Crippen molar-refractivity contribution in [1.29, 1.82) is 0 Å². The van der Waals surface area contributed by atoms with Gasteiger partial charge >= 0.3 is 0 Å². The fourth-order valence-corrected chi connectivity index (χ4v) is 3.45. The fourth-order valence-electron chi connectivity index (χ4n) is 2.84.